The van der Waals surface area contributed by atoms with E-state index in [2.05, 4.69) is 6.92 Å². The summed E-state index contributed by atoms with van der Waals surface area (Å²) >= 11 is 0. The third kappa shape index (κ3) is 30.1. The van der Waals surface area contributed by atoms with Crippen LogP contribution in [0, 0.1) is 0 Å². The van der Waals surface area contributed by atoms with Crippen molar-refractivity contribution in [3.8, 4) is 0 Å². The van der Waals surface area contributed by atoms with Crippen molar-refractivity contribution in [2.75, 3.05) is 13.2 Å². The van der Waals surface area contributed by atoms with Crippen LogP contribution >= 0.6 is 0 Å². The quantitative estimate of drug-likeness (QED) is 0.202. The first-order chi connectivity index (χ1) is 13.6. The van der Waals surface area contributed by atoms with Gasteiger partial charge in [-0.1, -0.05) is 110 Å². The van der Waals surface area contributed by atoms with E-state index in [4.69, 9.17) is 20.4 Å². The number of hydrogen-bond donors (Lipinski definition) is 4. The molecule has 0 aromatic carbocycles. The van der Waals surface area contributed by atoms with Crippen molar-refractivity contribution in [1.29, 1.82) is 0 Å². The van der Waals surface area contributed by atoms with E-state index in [0.29, 0.717) is 6.42 Å². The normalized spacial score (nSPS) is 10.8. The molecule has 28 heavy (non-hydrogen) atoms. The Kier molecular flexibility index (Phi) is 27.8. The molecular formula is C23H48O5. The summed E-state index contributed by atoms with van der Waals surface area (Å²) in [7, 11) is 0. The van der Waals surface area contributed by atoms with Crippen molar-refractivity contribution in [3.63, 3.8) is 0 Å². The maximum atomic E-state index is 10.4. The number of unbranched alkanes of at least 4 members (excludes halogenated alkanes) is 16. The number of carbonyl (C=O) groups is 1. The Bertz CT molecular complexity index is 293. The van der Waals surface area contributed by atoms with Gasteiger partial charge >= 0.3 is 5.97 Å². The first kappa shape index (κ1) is 29.6. The number of hydrogen-bond acceptors (Lipinski definition) is 4. The number of aliphatic hydroxyl groups excluding tert-OH is 3. The Morgan fingerprint density at radius 2 is 0.893 bits per heavy atom. The van der Waals surface area contributed by atoms with Gasteiger partial charge in [0.2, 0.25) is 0 Å². The third-order valence-electron chi connectivity index (χ3n) is 4.92. The molecule has 0 aromatic heterocycles. The molecule has 0 unspecified atom stereocenters. The van der Waals surface area contributed by atoms with Crippen LogP contribution in [0.1, 0.15) is 122 Å². The highest BCUT2D eigenvalue weighted by Crippen LogP contribution is 2.14. The zero-order chi connectivity index (χ0) is 21.3. The minimum absolute atomic E-state index is 0.346. The number of aliphatic hydroxyl groups is 3. The van der Waals surface area contributed by atoms with Crippen LogP contribution in [-0.2, 0) is 4.79 Å². The summed E-state index contributed by atoms with van der Waals surface area (Å²) in [5.41, 5.74) is 0. The van der Waals surface area contributed by atoms with Crippen LogP contribution in [0.15, 0.2) is 0 Å². The summed E-state index contributed by atoms with van der Waals surface area (Å²) in [5, 5.41) is 32.6. The van der Waals surface area contributed by atoms with Crippen molar-refractivity contribution in [2.24, 2.45) is 0 Å². The molecule has 5 heteroatoms. The highest BCUT2D eigenvalue weighted by atomic mass is 16.4. The molecule has 0 aliphatic rings. The van der Waals surface area contributed by atoms with Crippen molar-refractivity contribution in [3.05, 3.63) is 0 Å². The van der Waals surface area contributed by atoms with Gasteiger partial charge in [0.15, 0.2) is 0 Å². The van der Waals surface area contributed by atoms with Gasteiger partial charge in [0.1, 0.15) is 6.10 Å². The first-order valence-corrected chi connectivity index (χ1v) is 11.7. The van der Waals surface area contributed by atoms with Gasteiger partial charge in [0, 0.05) is 6.42 Å². The molecule has 0 aliphatic carbocycles. The van der Waals surface area contributed by atoms with E-state index in [9.17, 15) is 4.79 Å². The number of rotatable bonds is 20. The lowest BCUT2D eigenvalue weighted by molar-refractivity contribution is -0.137. The SMILES string of the molecule is CCCCCCCCCCCCCCCCCCCC(=O)O.OCC(O)CO. The first-order valence-electron chi connectivity index (χ1n) is 11.7. The van der Waals surface area contributed by atoms with E-state index < -0.39 is 12.1 Å². The van der Waals surface area contributed by atoms with Crippen LogP contribution < -0.4 is 0 Å². The van der Waals surface area contributed by atoms with E-state index in [1.807, 2.05) is 0 Å². The highest BCUT2D eigenvalue weighted by molar-refractivity contribution is 5.66. The van der Waals surface area contributed by atoms with Gasteiger partial charge in [-0.2, -0.15) is 0 Å². The summed E-state index contributed by atoms with van der Waals surface area (Å²) < 4.78 is 0. The van der Waals surface area contributed by atoms with Crippen LogP contribution in [-0.4, -0.2) is 45.7 Å². The molecule has 0 saturated carbocycles. The van der Waals surface area contributed by atoms with Gasteiger partial charge in [-0.15, -0.1) is 0 Å². The molecule has 0 aliphatic heterocycles. The summed E-state index contributed by atoms with van der Waals surface area (Å²) in [6.07, 6.45) is 22.2. The fraction of sp³-hybridized carbons (Fsp3) is 0.957. The second kappa shape index (κ2) is 26.4. The summed E-state index contributed by atoms with van der Waals surface area (Å²) in [6.45, 7) is 1.55. The Balaban J connectivity index is 0. The Labute approximate surface area is 173 Å². The van der Waals surface area contributed by atoms with E-state index >= 15 is 0 Å². The monoisotopic (exact) mass is 404 g/mol. The van der Waals surface area contributed by atoms with Crippen molar-refractivity contribution in [1.82, 2.24) is 0 Å². The third-order valence-corrected chi connectivity index (χ3v) is 4.92. The van der Waals surface area contributed by atoms with Gasteiger partial charge in [-0.05, 0) is 6.42 Å². The molecule has 0 fully saturated rings. The van der Waals surface area contributed by atoms with Crippen LogP contribution in [0.4, 0.5) is 0 Å². The largest absolute Gasteiger partial charge is 0.481 e. The molecule has 5 nitrogen and oxygen atoms in total. The highest BCUT2D eigenvalue weighted by Gasteiger charge is 1.97. The maximum absolute atomic E-state index is 10.4. The van der Waals surface area contributed by atoms with Crippen LogP contribution in [0.5, 0.6) is 0 Å². The van der Waals surface area contributed by atoms with Crippen molar-refractivity contribution < 1.29 is 25.2 Å². The van der Waals surface area contributed by atoms with Crippen molar-refractivity contribution >= 4 is 5.97 Å². The summed E-state index contributed by atoms with van der Waals surface area (Å²) in [5.74, 6) is -0.652. The van der Waals surface area contributed by atoms with Gasteiger partial charge in [-0.3, -0.25) is 4.79 Å². The van der Waals surface area contributed by atoms with Gasteiger partial charge in [-0.25, -0.2) is 0 Å². The predicted octanol–water partition coefficient (Wildman–Crippen LogP) is 5.44. The minimum Gasteiger partial charge on any atom is -0.481 e. The van der Waals surface area contributed by atoms with E-state index in [0.717, 1.165) is 12.8 Å². The zero-order valence-corrected chi connectivity index (χ0v) is 18.4. The topological polar surface area (TPSA) is 98.0 Å². The second-order valence-electron chi connectivity index (χ2n) is 7.82. The number of carboxylic acids is 1. The number of carboxylic acid groups (broad SMARTS) is 1. The molecule has 0 aromatic rings. The molecule has 0 radical (unpaired) electrons. The molecule has 0 spiro atoms. The summed E-state index contributed by atoms with van der Waals surface area (Å²) in [4.78, 5) is 10.4. The van der Waals surface area contributed by atoms with E-state index in [1.54, 1.807) is 0 Å². The molecule has 0 atom stereocenters. The maximum Gasteiger partial charge on any atom is 0.303 e. The lowest BCUT2D eigenvalue weighted by Crippen LogP contribution is -2.15. The molecule has 170 valence electrons. The van der Waals surface area contributed by atoms with Crippen molar-refractivity contribution in [2.45, 2.75) is 129 Å². The van der Waals surface area contributed by atoms with E-state index in [-0.39, 0.29) is 13.2 Å². The Hall–Kier alpha value is -0.650. The number of aliphatic carboxylic acids is 1. The Morgan fingerprint density at radius 1 is 0.607 bits per heavy atom. The van der Waals surface area contributed by atoms with Gasteiger partial charge in [0.25, 0.3) is 0 Å². The molecule has 0 rings (SSSR count). The van der Waals surface area contributed by atoms with Gasteiger partial charge < -0.3 is 20.4 Å². The summed E-state index contributed by atoms with van der Waals surface area (Å²) in [6, 6.07) is 0. The predicted molar refractivity (Wildman–Crippen MR) is 117 cm³/mol. The molecule has 4 N–H and O–H groups in total. The fourth-order valence-corrected chi connectivity index (χ4v) is 3.06. The molecule has 0 heterocycles. The second-order valence-corrected chi connectivity index (χ2v) is 7.82. The average Bonchev–Trinajstić information content (AvgIpc) is 2.70. The van der Waals surface area contributed by atoms with Crippen LogP contribution in [0.3, 0.4) is 0 Å². The standard InChI is InChI=1S/C20H40O2.C3H8O3/c1-2-3-4-5-6-7-8-9-10-11-12-13-14-15-16-17-18-19-20(21)22;4-1-3(6)2-5/h2-19H2,1H3,(H,21,22);3-6H,1-2H2. The fourth-order valence-electron chi connectivity index (χ4n) is 3.06. The molecule has 0 saturated heterocycles. The minimum atomic E-state index is -0.954. The zero-order valence-electron chi connectivity index (χ0n) is 18.4. The Morgan fingerprint density at radius 3 is 1.11 bits per heavy atom. The molecule has 0 amide bonds. The molecule has 0 bridgehead atoms. The van der Waals surface area contributed by atoms with E-state index in [1.165, 1.54) is 96.3 Å². The van der Waals surface area contributed by atoms with Crippen LogP contribution in [0.25, 0.3) is 0 Å². The lowest BCUT2D eigenvalue weighted by Gasteiger charge is -2.03. The average molecular weight is 405 g/mol. The van der Waals surface area contributed by atoms with Gasteiger partial charge in [0.05, 0.1) is 13.2 Å². The smallest absolute Gasteiger partial charge is 0.303 e. The lowest BCUT2D eigenvalue weighted by atomic mass is 10.0. The molecular weight excluding hydrogens is 356 g/mol. The van der Waals surface area contributed by atoms with Crippen LogP contribution in [0.2, 0.25) is 0 Å².